The second kappa shape index (κ2) is 7.04. The highest BCUT2D eigenvalue weighted by Crippen LogP contribution is 2.42. The Bertz CT molecular complexity index is 1160. The van der Waals surface area contributed by atoms with Crippen molar-refractivity contribution in [3.8, 4) is 5.75 Å². The third-order valence-electron chi connectivity index (χ3n) is 5.18. The largest absolute Gasteiger partial charge is 0.491 e. The quantitative estimate of drug-likeness (QED) is 0.687. The average Bonchev–Trinajstić information content (AvgIpc) is 2.89. The van der Waals surface area contributed by atoms with E-state index in [0.717, 1.165) is 10.9 Å². The van der Waals surface area contributed by atoms with Gasteiger partial charge < -0.3 is 9.84 Å². The van der Waals surface area contributed by atoms with Gasteiger partial charge in [0.25, 0.3) is 10.0 Å². The smallest absolute Gasteiger partial charge is 0.265 e. The van der Waals surface area contributed by atoms with E-state index in [2.05, 4.69) is 20.8 Å². The number of para-hydroxylation sites is 1. The number of aliphatic hydroxyl groups excluding tert-OH is 1. The summed E-state index contributed by atoms with van der Waals surface area (Å²) in [7, 11) is -3.69. The molecule has 1 N–H and O–H groups in total. The molecule has 152 valence electrons. The van der Waals surface area contributed by atoms with Crippen LogP contribution >= 0.6 is 0 Å². The van der Waals surface area contributed by atoms with Gasteiger partial charge in [-0.1, -0.05) is 63.2 Å². The SMILES string of the molecule is CC(C)(C)c1ccccc1OC[C@H](O)CN1c2cccc3cccc(c23)S1(=O)=O. The van der Waals surface area contributed by atoms with Gasteiger partial charge in [0.2, 0.25) is 0 Å². The number of aliphatic hydroxyl groups is 1. The van der Waals surface area contributed by atoms with E-state index in [9.17, 15) is 13.5 Å². The Kier molecular flexibility index (Phi) is 4.79. The maximum Gasteiger partial charge on any atom is 0.265 e. The summed E-state index contributed by atoms with van der Waals surface area (Å²) >= 11 is 0. The van der Waals surface area contributed by atoms with Crippen LogP contribution in [0.25, 0.3) is 10.8 Å². The van der Waals surface area contributed by atoms with Crippen molar-refractivity contribution in [3.63, 3.8) is 0 Å². The third-order valence-corrected chi connectivity index (χ3v) is 7.01. The molecule has 0 aliphatic carbocycles. The molecule has 0 unspecified atom stereocenters. The fourth-order valence-electron chi connectivity index (χ4n) is 3.80. The predicted octanol–water partition coefficient (Wildman–Crippen LogP) is 4.09. The molecule has 0 radical (unpaired) electrons. The van der Waals surface area contributed by atoms with Crippen molar-refractivity contribution >= 4 is 26.5 Å². The Labute approximate surface area is 171 Å². The molecule has 0 aromatic heterocycles. The third kappa shape index (κ3) is 3.47. The van der Waals surface area contributed by atoms with Crippen LogP contribution in [0.2, 0.25) is 0 Å². The fraction of sp³-hybridized carbons (Fsp3) is 0.304. The van der Waals surface area contributed by atoms with E-state index in [-0.39, 0.29) is 23.5 Å². The molecule has 0 saturated carbocycles. The lowest BCUT2D eigenvalue weighted by Gasteiger charge is -2.25. The average molecular weight is 412 g/mol. The predicted molar refractivity (Wildman–Crippen MR) is 115 cm³/mol. The van der Waals surface area contributed by atoms with Gasteiger partial charge in [-0.25, -0.2) is 8.42 Å². The van der Waals surface area contributed by atoms with E-state index < -0.39 is 16.1 Å². The molecule has 1 aliphatic heterocycles. The van der Waals surface area contributed by atoms with E-state index in [4.69, 9.17) is 4.74 Å². The molecule has 0 saturated heterocycles. The minimum atomic E-state index is -3.69. The zero-order chi connectivity index (χ0) is 20.8. The first kappa shape index (κ1) is 19.7. The van der Waals surface area contributed by atoms with Gasteiger partial charge in [-0.15, -0.1) is 0 Å². The van der Waals surface area contributed by atoms with Crippen molar-refractivity contribution < 1.29 is 18.3 Å². The molecule has 1 heterocycles. The van der Waals surface area contributed by atoms with Crippen LogP contribution < -0.4 is 9.04 Å². The van der Waals surface area contributed by atoms with Crippen LogP contribution in [0.3, 0.4) is 0 Å². The van der Waals surface area contributed by atoms with E-state index in [0.29, 0.717) is 16.8 Å². The molecule has 0 fully saturated rings. The Morgan fingerprint density at radius 2 is 1.69 bits per heavy atom. The number of ether oxygens (including phenoxy) is 1. The molecule has 3 aromatic rings. The zero-order valence-corrected chi connectivity index (χ0v) is 17.6. The van der Waals surface area contributed by atoms with Crippen molar-refractivity contribution in [2.75, 3.05) is 17.5 Å². The minimum absolute atomic E-state index is 0.00539. The first-order valence-electron chi connectivity index (χ1n) is 9.64. The Balaban J connectivity index is 1.55. The number of rotatable bonds is 5. The number of β-amino-alcohol motifs (C(OH)–C–C–N with tert-alkyl or cyclic N) is 1. The van der Waals surface area contributed by atoms with Crippen LogP contribution in [0.5, 0.6) is 5.75 Å². The summed E-state index contributed by atoms with van der Waals surface area (Å²) in [6, 6.07) is 18.5. The van der Waals surface area contributed by atoms with Crippen LogP contribution in [0.1, 0.15) is 26.3 Å². The number of hydrogen-bond acceptors (Lipinski definition) is 4. The standard InChI is InChI=1S/C23H25NO4S/c1-23(2,3)18-10-4-5-12-20(18)28-15-17(25)14-24-19-11-6-8-16-9-7-13-21(22(16)19)29(24,26)27/h4-13,17,25H,14-15H2,1-3H3/t17-/m1/s1. The molecule has 5 nitrogen and oxygen atoms in total. The van der Waals surface area contributed by atoms with E-state index in [1.54, 1.807) is 18.2 Å². The molecule has 29 heavy (non-hydrogen) atoms. The first-order valence-corrected chi connectivity index (χ1v) is 11.1. The van der Waals surface area contributed by atoms with Crippen molar-refractivity contribution in [2.24, 2.45) is 0 Å². The highest BCUT2D eigenvalue weighted by Gasteiger charge is 2.36. The molecule has 0 amide bonds. The van der Waals surface area contributed by atoms with Crippen LogP contribution in [0.4, 0.5) is 5.69 Å². The van der Waals surface area contributed by atoms with E-state index in [1.807, 2.05) is 42.5 Å². The highest BCUT2D eigenvalue weighted by atomic mass is 32.2. The molecular formula is C23H25NO4S. The van der Waals surface area contributed by atoms with Crippen molar-refractivity contribution in [2.45, 2.75) is 37.2 Å². The lowest BCUT2D eigenvalue weighted by molar-refractivity contribution is 0.114. The van der Waals surface area contributed by atoms with Crippen LogP contribution in [-0.2, 0) is 15.4 Å². The Morgan fingerprint density at radius 1 is 1.00 bits per heavy atom. The molecule has 6 heteroatoms. The van der Waals surface area contributed by atoms with Gasteiger partial charge in [0.15, 0.2) is 0 Å². The normalized spacial score (nSPS) is 16.2. The molecule has 0 bridgehead atoms. The van der Waals surface area contributed by atoms with Crippen molar-refractivity contribution in [1.82, 2.24) is 0 Å². The van der Waals surface area contributed by atoms with Crippen LogP contribution in [-0.4, -0.2) is 32.8 Å². The number of anilines is 1. The summed E-state index contributed by atoms with van der Waals surface area (Å²) in [6.07, 6.45) is -0.970. The number of hydrogen-bond donors (Lipinski definition) is 1. The first-order chi connectivity index (χ1) is 13.7. The lowest BCUT2D eigenvalue weighted by atomic mass is 9.86. The summed E-state index contributed by atoms with van der Waals surface area (Å²) in [5.74, 6) is 0.703. The van der Waals surface area contributed by atoms with E-state index in [1.165, 1.54) is 4.31 Å². The zero-order valence-electron chi connectivity index (χ0n) is 16.8. The minimum Gasteiger partial charge on any atom is -0.491 e. The van der Waals surface area contributed by atoms with E-state index >= 15 is 0 Å². The van der Waals surface area contributed by atoms with Gasteiger partial charge in [0.1, 0.15) is 18.5 Å². The summed E-state index contributed by atoms with van der Waals surface area (Å²) in [6.45, 7) is 6.24. The molecule has 1 aliphatic rings. The van der Waals surface area contributed by atoms with Gasteiger partial charge in [-0.2, -0.15) is 0 Å². The second-order valence-corrected chi connectivity index (χ2v) is 10.2. The number of nitrogens with zero attached hydrogens (tertiary/aromatic N) is 1. The summed E-state index contributed by atoms with van der Waals surface area (Å²) in [5, 5.41) is 12.2. The molecular weight excluding hydrogens is 386 g/mol. The summed E-state index contributed by atoms with van der Waals surface area (Å²) < 4.78 is 33.2. The molecule has 3 aromatic carbocycles. The molecule has 4 rings (SSSR count). The maximum atomic E-state index is 13.0. The maximum absolute atomic E-state index is 13.0. The van der Waals surface area contributed by atoms with Gasteiger partial charge in [-0.3, -0.25) is 4.31 Å². The van der Waals surface area contributed by atoms with Crippen molar-refractivity contribution in [1.29, 1.82) is 0 Å². The Morgan fingerprint density at radius 3 is 2.41 bits per heavy atom. The number of sulfonamides is 1. The van der Waals surface area contributed by atoms with Gasteiger partial charge in [0.05, 0.1) is 17.1 Å². The summed E-state index contributed by atoms with van der Waals surface area (Å²) in [4.78, 5) is 0.289. The monoisotopic (exact) mass is 411 g/mol. The topological polar surface area (TPSA) is 66.8 Å². The van der Waals surface area contributed by atoms with Crippen LogP contribution in [0.15, 0.2) is 65.6 Å². The van der Waals surface area contributed by atoms with Gasteiger partial charge in [-0.05, 0) is 34.6 Å². The highest BCUT2D eigenvalue weighted by molar-refractivity contribution is 7.93. The van der Waals surface area contributed by atoms with Crippen molar-refractivity contribution in [3.05, 3.63) is 66.2 Å². The molecule has 0 spiro atoms. The molecule has 1 atom stereocenters. The van der Waals surface area contributed by atoms with Gasteiger partial charge in [0, 0.05) is 5.39 Å². The fourth-order valence-corrected chi connectivity index (χ4v) is 5.54. The lowest BCUT2D eigenvalue weighted by Crippen LogP contribution is -2.37. The Hall–Kier alpha value is -2.57. The second-order valence-electron chi connectivity index (χ2n) is 8.38. The number of benzene rings is 3. The summed E-state index contributed by atoms with van der Waals surface area (Å²) in [5.41, 5.74) is 1.54. The van der Waals surface area contributed by atoms with Crippen LogP contribution in [0, 0.1) is 0 Å². The van der Waals surface area contributed by atoms with Gasteiger partial charge >= 0.3 is 0 Å².